The number of carbonyl (C=O) groups excluding carboxylic acids is 1. The summed E-state index contributed by atoms with van der Waals surface area (Å²) in [7, 11) is 1.65. The Morgan fingerprint density at radius 3 is 2.76 bits per heavy atom. The van der Waals surface area contributed by atoms with E-state index in [9.17, 15) is 4.79 Å². The second-order valence-electron chi connectivity index (χ2n) is 5.90. The molecule has 0 radical (unpaired) electrons. The van der Waals surface area contributed by atoms with Crippen LogP contribution in [0.1, 0.15) is 0 Å². The molecule has 3 aromatic rings. The minimum absolute atomic E-state index is 0.0252. The zero-order valence-corrected chi connectivity index (χ0v) is 15.1. The number of anilines is 2. The number of ether oxygens (including phenoxy) is 1. The molecule has 5 nitrogen and oxygen atoms in total. The Morgan fingerprint density at radius 2 is 2.04 bits per heavy atom. The van der Waals surface area contributed by atoms with Crippen LogP contribution in [0.15, 0.2) is 42.5 Å². The molecule has 1 amide bonds. The van der Waals surface area contributed by atoms with Gasteiger partial charge in [0.2, 0.25) is 5.91 Å². The molecule has 128 valence electrons. The van der Waals surface area contributed by atoms with E-state index in [4.69, 9.17) is 16.3 Å². The molecule has 0 spiro atoms. The van der Waals surface area contributed by atoms with Crippen LogP contribution in [0.3, 0.4) is 0 Å². The van der Waals surface area contributed by atoms with E-state index in [1.54, 1.807) is 42.7 Å². The number of nitrogens with zero attached hydrogens (tertiary/aromatic N) is 2. The molecule has 0 atom stereocenters. The lowest BCUT2D eigenvalue weighted by Crippen LogP contribution is -2.52. The largest absolute Gasteiger partial charge is 0.494 e. The van der Waals surface area contributed by atoms with Crippen molar-refractivity contribution in [1.29, 1.82) is 0 Å². The molecular formula is C18H16ClN3O2S. The molecule has 1 aliphatic heterocycles. The molecule has 1 aliphatic rings. The van der Waals surface area contributed by atoms with E-state index < -0.39 is 0 Å². The fourth-order valence-electron chi connectivity index (χ4n) is 2.79. The molecule has 0 bridgehead atoms. The quantitative estimate of drug-likeness (QED) is 0.750. The van der Waals surface area contributed by atoms with Gasteiger partial charge in [-0.3, -0.25) is 4.79 Å². The van der Waals surface area contributed by atoms with Crippen molar-refractivity contribution >= 4 is 49.9 Å². The van der Waals surface area contributed by atoms with E-state index in [2.05, 4.69) is 15.2 Å². The lowest BCUT2D eigenvalue weighted by molar-refractivity contribution is -0.120. The standard InChI is InChI=1S/C18H16ClN3O2S/c1-24-14-3-2-4-15-16(14)21-18(25-15)22-9-11(10-22)17(23)20-13-7-5-12(19)6-8-13/h2-8,11H,9-10H2,1H3,(H,20,23). The normalized spacial score (nSPS) is 14.4. The monoisotopic (exact) mass is 373 g/mol. The highest BCUT2D eigenvalue weighted by atomic mass is 35.5. The molecule has 0 unspecified atom stereocenters. The molecule has 0 aliphatic carbocycles. The van der Waals surface area contributed by atoms with Crippen molar-refractivity contribution in [2.75, 3.05) is 30.4 Å². The number of hydrogen-bond acceptors (Lipinski definition) is 5. The smallest absolute Gasteiger partial charge is 0.231 e. The van der Waals surface area contributed by atoms with Crippen LogP contribution in [-0.2, 0) is 4.79 Å². The number of carbonyl (C=O) groups is 1. The van der Waals surface area contributed by atoms with Gasteiger partial charge in [-0.1, -0.05) is 29.0 Å². The number of aromatic nitrogens is 1. The van der Waals surface area contributed by atoms with Crippen LogP contribution >= 0.6 is 22.9 Å². The third kappa shape index (κ3) is 3.15. The fourth-order valence-corrected chi connectivity index (χ4v) is 3.92. The van der Waals surface area contributed by atoms with Crippen molar-refractivity contribution in [3.8, 4) is 5.75 Å². The van der Waals surface area contributed by atoms with E-state index in [0.717, 1.165) is 26.8 Å². The molecule has 7 heteroatoms. The highest BCUT2D eigenvalue weighted by Crippen LogP contribution is 2.36. The molecule has 1 fully saturated rings. The van der Waals surface area contributed by atoms with Crippen LogP contribution in [0.4, 0.5) is 10.8 Å². The van der Waals surface area contributed by atoms with Crippen molar-refractivity contribution in [2.45, 2.75) is 0 Å². The first-order valence-electron chi connectivity index (χ1n) is 7.89. The molecule has 2 aromatic carbocycles. The number of fused-ring (bicyclic) bond motifs is 1. The van der Waals surface area contributed by atoms with Gasteiger partial charge in [0.25, 0.3) is 0 Å². The van der Waals surface area contributed by atoms with Crippen molar-refractivity contribution in [3.63, 3.8) is 0 Å². The predicted molar refractivity (Wildman–Crippen MR) is 102 cm³/mol. The molecule has 1 saturated heterocycles. The minimum atomic E-state index is -0.0374. The maximum absolute atomic E-state index is 12.3. The topological polar surface area (TPSA) is 54.5 Å². The van der Waals surface area contributed by atoms with Gasteiger partial charge in [0.15, 0.2) is 5.13 Å². The molecule has 25 heavy (non-hydrogen) atoms. The van der Waals surface area contributed by atoms with Crippen molar-refractivity contribution < 1.29 is 9.53 Å². The molecule has 4 rings (SSSR count). The van der Waals surface area contributed by atoms with Crippen molar-refractivity contribution in [3.05, 3.63) is 47.5 Å². The number of nitrogens with one attached hydrogen (secondary N) is 1. The average molecular weight is 374 g/mol. The van der Waals surface area contributed by atoms with Gasteiger partial charge in [0.05, 0.1) is 17.7 Å². The van der Waals surface area contributed by atoms with Crippen LogP contribution in [0, 0.1) is 5.92 Å². The highest BCUT2D eigenvalue weighted by molar-refractivity contribution is 7.22. The van der Waals surface area contributed by atoms with Crippen LogP contribution in [0.2, 0.25) is 5.02 Å². The second kappa shape index (κ2) is 6.54. The van der Waals surface area contributed by atoms with Gasteiger partial charge in [0.1, 0.15) is 11.3 Å². The van der Waals surface area contributed by atoms with Crippen LogP contribution in [0.25, 0.3) is 10.2 Å². The Bertz CT molecular complexity index is 920. The molecule has 1 aromatic heterocycles. The third-order valence-corrected chi connectivity index (χ3v) is 5.56. The zero-order chi connectivity index (χ0) is 17.4. The Morgan fingerprint density at radius 1 is 1.28 bits per heavy atom. The maximum Gasteiger partial charge on any atom is 0.231 e. The van der Waals surface area contributed by atoms with Crippen LogP contribution in [-0.4, -0.2) is 31.1 Å². The van der Waals surface area contributed by atoms with Crippen LogP contribution in [0.5, 0.6) is 5.75 Å². The summed E-state index contributed by atoms with van der Waals surface area (Å²) in [4.78, 5) is 19.1. The Labute approximate surface area is 154 Å². The summed E-state index contributed by atoms with van der Waals surface area (Å²) < 4.78 is 6.44. The van der Waals surface area contributed by atoms with Gasteiger partial charge in [-0.2, -0.15) is 0 Å². The van der Waals surface area contributed by atoms with Gasteiger partial charge < -0.3 is 15.0 Å². The summed E-state index contributed by atoms with van der Waals surface area (Å²) in [5.41, 5.74) is 1.64. The third-order valence-electron chi connectivity index (χ3n) is 4.23. The first kappa shape index (κ1) is 16.2. The number of amides is 1. The fraction of sp³-hybridized carbons (Fsp3) is 0.222. The minimum Gasteiger partial charge on any atom is -0.494 e. The van der Waals surface area contributed by atoms with Gasteiger partial charge >= 0.3 is 0 Å². The van der Waals surface area contributed by atoms with Gasteiger partial charge in [-0.05, 0) is 36.4 Å². The first-order chi connectivity index (χ1) is 12.1. The van der Waals surface area contributed by atoms with E-state index in [0.29, 0.717) is 18.1 Å². The number of halogens is 1. The SMILES string of the molecule is COc1cccc2sc(N3CC(C(=O)Nc4ccc(Cl)cc4)C3)nc12. The Hall–Kier alpha value is -2.31. The Kier molecular flexibility index (Phi) is 4.23. The zero-order valence-electron chi connectivity index (χ0n) is 13.5. The molecular weight excluding hydrogens is 358 g/mol. The first-order valence-corrected chi connectivity index (χ1v) is 9.08. The lowest BCUT2D eigenvalue weighted by atomic mass is 10.00. The van der Waals surface area contributed by atoms with Crippen LogP contribution < -0.4 is 15.0 Å². The summed E-state index contributed by atoms with van der Waals surface area (Å²) in [6.45, 7) is 1.34. The van der Waals surface area contributed by atoms with E-state index >= 15 is 0 Å². The summed E-state index contributed by atoms with van der Waals surface area (Å²) in [5.74, 6) is 0.763. The summed E-state index contributed by atoms with van der Waals surface area (Å²) >= 11 is 7.48. The average Bonchev–Trinajstić information content (AvgIpc) is 2.99. The van der Waals surface area contributed by atoms with Gasteiger partial charge in [-0.25, -0.2) is 4.98 Å². The van der Waals surface area contributed by atoms with E-state index in [1.807, 2.05) is 18.2 Å². The number of rotatable bonds is 4. The molecule has 0 saturated carbocycles. The predicted octanol–water partition coefficient (Wildman–Crippen LogP) is 4.03. The number of hydrogen-bond donors (Lipinski definition) is 1. The van der Waals surface area contributed by atoms with Gasteiger partial charge in [0, 0.05) is 23.8 Å². The van der Waals surface area contributed by atoms with E-state index in [1.165, 1.54) is 0 Å². The van der Waals surface area contributed by atoms with Crippen molar-refractivity contribution in [2.24, 2.45) is 5.92 Å². The number of para-hydroxylation sites is 1. The van der Waals surface area contributed by atoms with Gasteiger partial charge in [-0.15, -0.1) is 0 Å². The van der Waals surface area contributed by atoms with E-state index in [-0.39, 0.29) is 11.8 Å². The number of methoxy groups -OCH3 is 1. The van der Waals surface area contributed by atoms with Crippen molar-refractivity contribution in [1.82, 2.24) is 4.98 Å². The summed E-state index contributed by atoms with van der Waals surface area (Å²) in [6, 6.07) is 13.0. The molecule has 1 N–H and O–H groups in total. The summed E-state index contributed by atoms with van der Waals surface area (Å²) in [6.07, 6.45) is 0. The second-order valence-corrected chi connectivity index (χ2v) is 7.35. The highest BCUT2D eigenvalue weighted by Gasteiger charge is 2.34. The number of benzene rings is 2. The maximum atomic E-state index is 12.3. The Balaban J connectivity index is 1.41. The lowest BCUT2D eigenvalue weighted by Gasteiger charge is -2.37. The summed E-state index contributed by atoms with van der Waals surface area (Å²) in [5, 5.41) is 4.50. The molecule has 2 heterocycles. The number of thiazole rings is 1.